The molecule has 1 aromatic carbocycles. The zero-order chi connectivity index (χ0) is 15.4. The number of anilines is 1. The van der Waals surface area contributed by atoms with E-state index >= 15 is 0 Å². The van der Waals surface area contributed by atoms with Gasteiger partial charge in [-0.05, 0) is 30.7 Å². The maximum Gasteiger partial charge on any atom is 0.354 e. The maximum atomic E-state index is 11.8. The van der Waals surface area contributed by atoms with Gasteiger partial charge in [0.1, 0.15) is 5.69 Å². The SMILES string of the molecule is Cc1ccc(NC(=O)CCn2nccc2C(=O)O)cc1Cl. The molecule has 1 amide bonds. The van der Waals surface area contributed by atoms with Crippen molar-refractivity contribution in [1.82, 2.24) is 9.78 Å². The minimum Gasteiger partial charge on any atom is -0.477 e. The number of carboxylic acid groups (broad SMARTS) is 1. The van der Waals surface area contributed by atoms with Crippen LogP contribution in [0.25, 0.3) is 0 Å². The second-order valence-electron chi connectivity index (χ2n) is 4.51. The number of aryl methyl sites for hydroxylation is 2. The van der Waals surface area contributed by atoms with Crippen molar-refractivity contribution in [3.8, 4) is 0 Å². The summed E-state index contributed by atoms with van der Waals surface area (Å²) in [5, 5.41) is 16.1. The van der Waals surface area contributed by atoms with Crippen molar-refractivity contribution in [1.29, 1.82) is 0 Å². The highest BCUT2D eigenvalue weighted by Gasteiger charge is 2.11. The second-order valence-corrected chi connectivity index (χ2v) is 4.91. The topological polar surface area (TPSA) is 84.2 Å². The zero-order valence-electron chi connectivity index (χ0n) is 11.3. The molecule has 0 atom stereocenters. The van der Waals surface area contributed by atoms with E-state index in [9.17, 15) is 9.59 Å². The highest BCUT2D eigenvalue weighted by atomic mass is 35.5. The molecule has 2 N–H and O–H groups in total. The minimum atomic E-state index is -1.07. The number of hydrogen-bond donors (Lipinski definition) is 2. The number of carboxylic acids is 1. The first-order valence-electron chi connectivity index (χ1n) is 6.28. The molecule has 0 saturated heterocycles. The summed E-state index contributed by atoms with van der Waals surface area (Å²) in [5.41, 5.74) is 1.59. The Hall–Kier alpha value is -2.34. The van der Waals surface area contributed by atoms with E-state index in [1.54, 1.807) is 12.1 Å². The van der Waals surface area contributed by atoms with Gasteiger partial charge in [-0.1, -0.05) is 17.7 Å². The molecule has 0 spiro atoms. The lowest BCUT2D eigenvalue weighted by molar-refractivity contribution is -0.116. The van der Waals surface area contributed by atoms with Crippen LogP contribution in [-0.2, 0) is 11.3 Å². The summed E-state index contributed by atoms with van der Waals surface area (Å²) < 4.78 is 1.28. The lowest BCUT2D eigenvalue weighted by Gasteiger charge is -2.08. The molecule has 7 heteroatoms. The predicted molar refractivity (Wildman–Crippen MR) is 78.6 cm³/mol. The van der Waals surface area contributed by atoms with E-state index in [1.807, 2.05) is 13.0 Å². The van der Waals surface area contributed by atoms with Gasteiger partial charge in [0, 0.05) is 23.3 Å². The fourth-order valence-corrected chi connectivity index (χ4v) is 1.97. The number of nitrogens with zero attached hydrogens (tertiary/aromatic N) is 2. The van der Waals surface area contributed by atoms with Crippen LogP contribution in [0.1, 0.15) is 22.5 Å². The molecule has 0 bridgehead atoms. The molecule has 2 aromatic rings. The van der Waals surface area contributed by atoms with Crippen molar-refractivity contribution in [3.05, 3.63) is 46.7 Å². The average Bonchev–Trinajstić information content (AvgIpc) is 2.89. The van der Waals surface area contributed by atoms with E-state index in [1.165, 1.54) is 16.9 Å². The van der Waals surface area contributed by atoms with Crippen molar-refractivity contribution in [2.75, 3.05) is 5.32 Å². The number of hydrogen-bond acceptors (Lipinski definition) is 3. The van der Waals surface area contributed by atoms with E-state index in [-0.39, 0.29) is 24.6 Å². The van der Waals surface area contributed by atoms with Crippen molar-refractivity contribution >= 4 is 29.2 Å². The third-order valence-electron chi connectivity index (χ3n) is 2.94. The molecule has 0 radical (unpaired) electrons. The molecule has 0 unspecified atom stereocenters. The Morgan fingerprint density at radius 1 is 1.38 bits per heavy atom. The highest BCUT2D eigenvalue weighted by Crippen LogP contribution is 2.20. The lowest BCUT2D eigenvalue weighted by atomic mass is 10.2. The molecule has 2 rings (SSSR count). The summed E-state index contributed by atoms with van der Waals surface area (Å²) in [7, 11) is 0. The van der Waals surface area contributed by atoms with Gasteiger partial charge in [0.05, 0.1) is 6.54 Å². The first-order chi connectivity index (χ1) is 9.97. The molecule has 6 nitrogen and oxygen atoms in total. The molecule has 0 aliphatic heterocycles. The number of rotatable bonds is 5. The number of nitrogens with one attached hydrogen (secondary N) is 1. The molecule has 1 aromatic heterocycles. The normalized spacial score (nSPS) is 10.4. The number of carbonyl (C=O) groups is 2. The Morgan fingerprint density at radius 3 is 2.81 bits per heavy atom. The van der Waals surface area contributed by atoms with Crippen LogP contribution in [0.5, 0.6) is 0 Å². The second kappa shape index (κ2) is 6.41. The molecule has 0 aliphatic carbocycles. The number of amides is 1. The monoisotopic (exact) mass is 307 g/mol. The van der Waals surface area contributed by atoms with Crippen LogP contribution in [-0.4, -0.2) is 26.8 Å². The number of aromatic carboxylic acids is 1. The molecule has 0 aliphatic rings. The molecule has 110 valence electrons. The van der Waals surface area contributed by atoms with Crippen LogP contribution in [0.4, 0.5) is 5.69 Å². The van der Waals surface area contributed by atoms with Crippen molar-refractivity contribution in [2.24, 2.45) is 0 Å². The molecular formula is C14H14ClN3O3. The zero-order valence-corrected chi connectivity index (χ0v) is 12.1. The average molecular weight is 308 g/mol. The predicted octanol–water partition coefficient (Wildman–Crippen LogP) is 2.57. The van der Waals surface area contributed by atoms with Gasteiger partial charge in [0.15, 0.2) is 0 Å². The Balaban J connectivity index is 1.94. The Morgan fingerprint density at radius 2 is 2.14 bits per heavy atom. The Kier molecular flexibility index (Phi) is 4.59. The van der Waals surface area contributed by atoms with Crippen LogP contribution in [0.2, 0.25) is 5.02 Å². The number of carbonyl (C=O) groups excluding carboxylic acids is 1. The largest absolute Gasteiger partial charge is 0.477 e. The summed E-state index contributed by atoms with van der Waals surface area (Å²) in [4.78, 5) is 22.8. The van der Waals surface area contributed by atoms with E-state index < -0.39 is 5.97 Å². The van der Waals surface area contributed by atoms with Gasteiger partial charge in [-0.25, -0.2) is 4.79 Å². The number of aromatic nitrogens is 2. The summed E-state index contributed by atoms with van der Waals surface area (Å²) in [6.07, 6.45) is 1.51. The molecule has 0 saturated carbocycles. The van der Waals surface area contributed by atoms with E-state index in [4.69, 9.17) is 16.7 Å². The number of benzene rings is 1. The van der Waals surface area contributed by atoms with Gasteiger partial charge < -0.3 is 10.4 Å². The highest BCUT2D eigenvalue weighted by molar-refractivity contribution is 6.31. The maximum absolute atomic E-state index is 11.8. The summed E-state index contributed by atoms with van der Waals surface area (Å²) >= 11 is 5.98. The van der Waals surface area contributed by atoms with Gasteiger partial charge in [-0.2, -0.15) is 5.10 Å². The summed E-state index contributed by atoms with van der Waals surface area (Å²) in [6.45, 7) is 2.07. The van der Waals surface area contributed by atoms with Gasteiger partial charge in [0.25, 0.3) is 0 Å². The van der Waals surface area contributed by atoms with Gasteiger partial charge in [-0.3, -0.25) is 9.48 Å². The van der Waals surface area contributed by atoms with Crippen LogP contribution < -0.4 is 5.32 Å². The van der Waals surface area contributed by atoms with E-state index in [2.05, 4.69) is 10.4 Å². The smallest absolute Gasteiger partial charge is 0.354 e. The molecular weight excluding hydrogens is 294 g/mol. The standard InChI is InChI=1S/C14H14ClN3O3/c1-9-2-3-10(8-11(9)15)17-13(19)5-7-18-12(14(20)21)4-6-16-18/h2-4,6,8H,5,7H2,1H3,(H,17,19)(H,20,21). The van der Waals surface area contributed by atoms with Crippen molar-refractivity contribution in [3.63, 3.8) is 0 Å². The molecule has 0 fully saturated rings. The van der Waals surface area contributed by atoms with E-state index in [0.717, 1.165) is 5.56 Å². The summed E-state index contributed by atoms with van der Waals surface area (Å²) in [5.74, 6) is -1.31. The van der Waals surface area contributed by atoms with Crippen molar-refractivity contribution in [2.45, 2.75) is 19.9 Å². The van der Waals surface area contributed by atoms with E-state index in [0.29, 0.717) is 10.7 Å². The Labute approximate surface area is 126 Å². The first-order valence-corrected chi connectivity index (χ1v) is 6.66. The van der Waals surface area contributed by atoms with Gasteiger partial charge in [-0.15, -0.1) is 0 Å². The fraction of sp³-hybridized carbons (Fsp3) is 0.214. The third-order valence-corrected chi connectivity index (χ3v) is 3.35. The first kappa shape index (κ1) is 15.1. The molecule has 1 heterocycles. The van der Waals surface area contributed by atoms with Crippen LogP contribution in [0.3, 0.4) is 0 Å². The third kappa shape index (κ3) is 3.82. The fourth-order valence-electron chi connectivity index (χ4n) is 1.79. The Bertz CT molecular complexity index is 682. The van der Waals surface area contributed by atoms with Crippen molar-refractivity contribution < 1.29 is 14.7 Å². The number of halogens is 1. The van der Waals surface area contributed by atoms with Gasteiger partial charge >= 0.3 is 5.97 Å². The minimum absolute atomic E-state index is 0.0566. The van der Waals surface area contributed by atoms with Crippen LogP contribution >= 0.6 is 11.6 Å². The van der Waals surface area contributed by atoms with Gasteiger partial charge in [0.2, 0.25) is 5.91 Å². The van der Waals surface area contributed by atoms with Crippen LogP contribution in [0.15, 0.2) is 30.5 Å². The molecule has 21 heavy (non-hydrogen) atoms. The quantitative estimate of drug-likeness (QED) is 0.889. The summed E-state index contributed by atoms with van der Waals surface area (Å²) in [6, 6.07) is 6.63. The lowest BCUT2D eigenvalue weighted by Crippen LogP contribution is -2.17. The van der Waals surface area contributed by atoms with Crippen LogP contribution in [0, 0.1) is 6.92 Å².